The first-order valence-electron chi connectivity index (χ1n) is 8.65. The standard InChI is InChI=1S/C21H17N3O2S2/c1-13-8-10-15(11-9-13)18(25)17-12-27-21(22-17)28-19-14(2)23-24(20(19)26)16-6-4-3-5-7-16/h3-12,23H,1-2H3. The highest BCUT2D eigenvalue weighted by Gasteiger charge is 2.18. The number of aromatic amines is 1. The first kappa shape index (κ1) is 18.5. The molecule has 0 aliphatic carbocycles. The molecule has 0 saturated heterocycles. The van der Waals surface area contributed by atoms with Crippen LogP contribution in [0.25, 0.3) is 5.69 Å². The highest BCUT2D eigenvalue weighted by Crippen LogP contribution is 2.31. The fourth-order valence-electron chi connectivity index (χ4n) is 2.76. The second-order valence-corrected chi connectivity index (χ2v) is 8.45. The molecule has 5 nitrogen and oxygen atoms in total. The fourth-order valence-corrected chi connectivity index (χ4v) is 4.56. The molecular weight excluding hydrogens is 390 g/mol. The topological polar surface area (TPSA) is 67.8 Å². The zero-order valence-corrected chi connectivity index (χ0v) is 16.9. The van der Waals surface area contributed by atoms with Crippen molar-refractivity contribution >= 4 is 28.9 Å². The molecule has 0 saturated carbocycles. The van der Waals surface area contributed by atoms with Gasteiger partial charge in [0.05, 0.1) is 5.69 Å². The lowest BCUT2D eigenvalue weighted by Crippen LogP contribution is -2.15. The lowest BCUT2D eigenvalue weighted by Gasteiger charge is -1.99. The van der Waals surface area contributed by atoms with Crippen molar-refractivity contribution in [2.24, 2.45) is 0 Å². The van der Waals surface area contributed by atoms with Gasteiger partial charge in [-0.05, 0) is 26.0 Å². The van der Waals surface area contributed by atoms with Crippen molar-refractivity contribution in [1.82, 2.24) is 14.8 Å². The molecule has 140 valence electrons. The third kappa shape index (κ3) is 3.58. The predicted octanol–water partition coefficient (Wildman–Crippen LogP) is 4.62. The van der Waals surface area contributed by atoms with Gasteiger partial charge in [0.15, 0.2) is 4.34 Å². The molecule has 4 rings (SSSR count). The number of thiazole rings is 1. The molecule has 0 bridgehead atoms. The summed E-state index contributed by atoms with van der Waals surface area (Å²) >= 11 is 2.64. The van der Waals surface area contributed by atoms with E-state index in [-0.39, 0.29) is 11.3 Å². The van der Waals surface area contributed by atoms with Crippen molar-refractivity contribution in [3.05, 3.63) is 92.8 Å². The van der Waals surface area contributed by atoms with Crippen LogP contribution in [0.1, 0.15) is 27.3 Å². The van der Waals surface area contributed by atoms with Gasteiger partial charge < -0.3 is 0 Å². The molecule has 0 aliphatic rings. The quantitative estimate of drug-likeness (QED) is 0.490. The maximum absolute atomic E-state index is 12.8. The Labute approximate surface area is 170 Å². The first-order valence-corrected chi connectivity index (χ1v) is 10.3. The number of nitrogens with one attached hydrogen (secondary N) is 1. The van der Waals surface area contributed by atoms with Crippen LogP contribution in [0.2, 0.25) is 0 Å². The fraction of sp³-hybridized carbons (Fsp3) is 0.0952. The summed E-state index contributed by atoms with van der Waals surface area (Å²) in [7, 11) is 0. The molecule has 0 unspecified atom stereocenters. The number of hydrogen-bond acceptors (Lipinski definition) is 5. The molecule has 0 amide bonds. The summed E-state index contributed by atoms with van der Waals surface area (Å²) in [5, 5.41) is 4.84. The van der Waals surface area contributed by atoms with Crippen LogP contribution in [0, 0.1) is 13.8 Å². The number of aryl methyl sites for hydroxylation is 2. The first-order chi connectivity index (χ1) is 13.5. The summed E-state index contributed by atoms with van der Waals surface area (Å²) in [4.78, 5) is 30.4. The Hall–Kier alpha value is -2.90. The van der Waals surface area contributed by atoms with Crippen LogP contribution in [0.4, 0.5) is 0 Å². The summed E-state index contributed by atoms with van der Waals surface area (Å²) in [6.45, 7) is 3.84. The molecule has 2 aromatic heterocycles. The van der Waals surface area contributed by atoms with Gasteiger partial charge in [0.1, 0.15) is 10.6 Å². The number of para-hydroxylation sites is 1. The smallest absolute Gasteiger partial charge is 0.285 e. The Balaban J connectivity index is 1.59. The number of H-pyrrole nitrogens is 1. The van der Waals surface area contributed by atoms with Gasteiger partial charge in [0.2, 0.25) is 5.78 Å². The molecule has 4 aromatic rings. The Morgan fingerprint density at radius 3 is 2.50 bits per heavy atom. The molecule has 2 aromatic carbocycles. The minimum Gasteiger partial charge on any atom is -0.294 e. The zero-order chi connectivity index (χ0) is 19.7. The van der Waals surface area contributed by atoms with Gasteiger partial charge in [-0.3, -0.25) is 14.7 Å². The van der Waals surface area contributed by atoms with Crippen molar-refractivity contribution in [3.63, 3.8) is 0 Å². The lowest BCUT2D eigenvalue weighted by molar-refractivity contribution is 0.103. The predicted molar refractivity (Wildman–Crippen MR) is 112 cm³/mol. The third-order valence-corrected chi connectivity index (χ3v) is 6.37. The summed E-state index contributed by atoms with van der Waals surface area (Å²) in [5.41, 5.74) is 3.51. The van der Waals surface area contributed by atoms with Crippen molar-refractivity contribution in [2.45, 2.75) is 23.1 Å². The van der Waals surface area contributed by atoms with Crippen molar-refractivity contribution in [2.75, 3.05) is 0 Å². The largest absolute Gasteiger partial charge is 0.294 e. The van der Waals surface area contributed by atoms with Gasteiger partial charge in [-0.15, -0.1) is 11.3 Å². The molecule has 0 atom stereocenters. The van der Waals surface area contributed by atoms with Gasteiger partial charge in [0.25, 0.3) is 5.56 Å². The van der Waals surface area contributed by atoms with Crippen LogP contribution in [0.15, 0.2) is 74.0 Å². The molecule has 7 heteroatoms. The van der Waals surface area contributed by atoms with E-state index < -0.39 is 0 Å². The van der Waals surface area contributed by atoms with E-state index in [4.69, 9.17) is 0 Å². The summed E-state index contributed by atoms with van der Waals surface area (Å²) < 4.78 is 2.18. The molecule has 0 fully saturated rings. The van der Waals surface area contributed by atoms with E-state index in [2.05, 4.69) is 10.1 Å². The maximum Gasteiger partial charge on any atom is 0.285 e. The zero-order valence-electron chi connectivity index (χ0n) is 15.3. The van der Waals surface area contributed by atoms with E-state index in [9.17, 15) is 9.59 Å². The van der Waals surface area contributed by atoms with E-state index in [0.29, 0.717) is 20.5 Å². The second kappa shape index (κ2) is 7.61. The summed E-state index contributed by atoms with van der Waals surface area (Å²) in [6.07, 6.45) is 0. The van der Waals surface area contributed by atoms with Gasteiger partial charge in [-0.1, -0.05) is 59.8 Å². The van der Waals surface area contributed by atoms with Crippen LogP contribution in [-0.2, 0) is 0 Å². The minimum atomic E-state index is -0.129. The lowest BCUT2D eigenvalue weighted by atomic mass is 10.1. The van der Waals surface area contributed by atoms with E-state index >= 15 is 0 Å². The van der Waals surface area contributed by atoms with Gasteiger partial charge in [-0.2, -0.15) is 0 Å². The normalized spacial score (nSPS) is 10.9. The van der Waals surface area contributed by atoms with Crippen LogP contribution < -0.4 is 5.56 Å². The number of aromatic nitrogens is 3. The third-order valence-electron chi connectivity index (χ3n) is 4.25. The Morgan fingerprint density at radius 1 is 1.07 bits per heavy atom. The van der Waals surface area contributed by atoms with Crippen LogP contribution in [0.5, 0.6) is 0 Å². The van der Waals surface area contributed by atoms with Crippen LogP contribution in [0.3, 0.4) is 0 Å². The Kier molecular flexibility index (Phi) is 5.02. The van der Waals surface area contributed by atoms with Crippen LogP contribution in [-0.4, -0.2) is 20.5 Å². The van der Waals surface area contributed by atoms with Gasteiger partial charge in [0, 0.05) is 16.6 Å². The molecule has 0 aliphatic heterocycles. The monoisotopic (exact) mass is 407 g/mol. The van der Waals surface area contributed by atoms with E-state index in [0.717, 1.165) is 16.9 Å². The number of hydrogen-bond donors (Lipinski definition) is 1. The molecule has 2 heterocycles. The van der Waals surface area contributed by atoms with Crippen LogP contribution >= 0.6 is 23.1 Å². The molecule has 0 radical (unpaired) electrons. The van der Waals surface area contributed by atoms with Gasteiger partial charge in [-0.25, -0.2) is 9.67 Å². The Morgan fingerprint density at radius 2 is 1.79 bits per heavy atom. The van der Waals surface area contributed by atoms with Crippen molar-refractivity contribution in [3.8, 4) is 5.69 Å². The highest BCUT2D eigenvalue weighted by atomic mass is 32.2. The minimum absolute atomic E-state index is 0.115. The number of nitrogens with zero attached hydrogens (tertiary/aromatic N) is 2. The summed E-state index contributed by atoms with van der Waals surface area (Å²) in [5.74, 6) is -0.115. The molecule has 0 spiro atoms. The number of ketones is 1. The number of carbonyl (C=O) groups excluding carboxylic acids is 1. The number of rotatable bonds is 5. The number of carbonyl (C=O) groups is 1. The molecule has 28 heavy (non-hydrogen) atoms. The van der Waals surface area contributed by atoms with E-state index in [1.54, 1.807) is 17.5 Å². The Bertz CT molecular complexity index is 1190. The molecular formula is C21H17N3O2S2. The maximum atomic E-state index is 12.8. The summed E-state index contributed by atoms with van der Waals surface area (Å²) in [6, 6.07) is 16.8. The van der Waals surface area contributed by atoms with E-state index in [1.165, 1.54) is 27.8 Å². The van der Waals surface area contributed by atoms with Gasteiger partial charge >= 0.3 is 0 Å². The SMILES string of the molecule is Cc1ccc(C(=O)c2csc(Sc3c(C)[nH]n(-c4ccccc4)c3=O)n2)cc1. The average molecular weight is 408 g/mol. The van der Waals surface area contributed by atoms with Crippen molar-refractivity contribution in [1.29, 1.82) is 0 Å². The van der Waals surface area contributed by atoms with Crippen molar-refractivity contribution < 1.29 is 4.79 Å². The average Bonchev–Trinajstić information content (AvgIpc) is 3.29. The number of benzene rings is 2. The van der Waals surface area contributed by atoms with E-state index in [1.807, 2.05) is 56.3 Å². The molecule has 1 N–H and O–H groups in total. The highest BCUT2D eigenvalue weighted by molar-refractivity contribution is 8.01. The second-order valence-electron chi connectivity index (χ2n) is 6.34.